The molecule has 1 aromatic heterocycles. The average molecular weight is 223 g/mol. The molecule has 0 spiro atoms. The molecule has 0 radical (unpaired) electrons. The van der Waals surface area contributed by atoms with Gasteiger partial charge in [0.05, 0.1) is 12.2 Å². The summed E-state index contributed by atoms with van der Waals surface area (Å²) in [6.45, 7) is 8.74. The Balaban J connectivity index is 0.000000386. The highest BCUT2D eigenvalue weighted by atomic mass is 15.3. The highest BCUT2D eigenvalue weighted by Crippen LogP contribution is 2.20. The summed E-state index contributed by atoms with van der Waals surface area (Å²) in [5, 5.41) is 4.36. The lowest BCUT2D eigenvalue weighted by atomic mass is 10.1. The second-order valence-corrected chi connectivity index (χ2v) is 4.74. The van der Waals surface area contributed by atoms with E-state index < -0.39 is 0 Å². The van der Waals surface area contributed by atoms with Gasteiger partial charge in [0.2, 0.25) is 0 Å². The maximum atomic E-state index is 4.36. The van der Waals surface area contributed by atoms with Crippen molar-refractivity contribution in [3.63, 3.8) is 0 Å². The number of aromatic nitrogens is 2. The van der Waals surface area contributed by atoms with E-state index >= 15 is 0 Å². The second-order valence-electron chi connectivity index (χ2n) is 4.74. The first-order chi connectivity index (χ1) is 7.67. The molecule has 1 aliphatic heterocycles. The second kappa shape index (κ2) is 6.69. The quantitative estimate of drug-likeness (QED) is 0.730. The van der Waals surface area contributed by atoms with Gasteiger partial charge >= 0.3 is 0 Å². The number of hydrogen-bond acceptors (Lipinski definition) is 2. The molecule has 2 rings (SSSR count). The van der Waals surface area contributed by atoms with E-state index in [0.29, 0.717) is 6.04 Å². The van der Waals surface area contributed by atoms with E-state index in [1.807, 2.05) is 6.20 Å². The zero-order chi connectivity index (χ0) is 12.0. The molecule has 1 aromatic rings. The molecule has 2 heterocycles. The van der Waals surface area contributed by atoms with Crippen LogP contribution in [-0.4, -0.2) is 34.8 Å². The Kier molecular flexibility index (Phi) is 5.53. The van der Waals surface area contributed by atoms with Crippen molar-refractivity contribution >= 4 is 0 Å². The lowest BCUT2D eigenvalue weighted by Gasteiger charge is -2.28. The Morgan fingerprint density at radius 2 is 1.88 bits per heavy atom. The first kappa shape index (κ1) is 13.2. The molecule has 0 aromatic carbocycles. The maximum absolute atomic E-state index is 4.36. The summed E-state index contributed by atoms with van der Waals surface area (Å²) in [4.78, 5) is 2.38. The van der Waals surface area contributed by atoms with Gasteiger partial charge in [0.15, 0.2) is 0 Å². The van der Waals surface area contributed by atoms with Crippen molar-refractivity contribution in [3.05, 3.63) is 18.0 Å². The average Bonchev–Trinajstić information content (AvgIpc) is 2.67. The Morgan fingerprint density at radius 1 is 1.31 bits per heavy atom. The van der Waals surface area contributed by atoms with Crippen molar-refractivity contribution in [2.45, 2.75) is 46.1 Å². The van der Waals surface area contributed by atoms with Gasteiger partial charge in [-0.05, 0) is 45.5 Å². The third-order valence-electron chi connectivity index (χ3n) is 2.79. The smallest absolute Gasteiger partial charge is 0.0543 e. The normalized spacial score (nSPS) is 18.0. The number of nitrogens with zero attached hydrogens (tertiary/aromatic N) is 3. The highest BCUT2D eigenvalue weighted by molar-refractivity contribution is 5.00. The molecule has 0 atom stereocenters. The van der Waals surface area contributed by atoms with Gasteiger partial charge in [0, 0.05) is 6.20 Å². The van der Waals surface area contributed by atoms with Crippen LogP contribution in [0.5, 0.6) is 0 Å². The van der Waals surface area contributed by atoms with Gasteiger partial charge in [0.1, 0.15) is 0 Å². The van der Waals surface area contributed by atoms with Crippen LogP contribution >= 0.6 is 0 Å². The number of hydrogen-bond donors (Lipinski definition) is 0. The van der Waals surface area contributed by atoms with E-state index in [9.17, 15) is 0 Å². The molecule has 3 nitrogen and oxygen atoms in total. The van der Waals surface area contributed by atoms with Gasteiger partial charge in [-0.1, -0.05) is 20.3 Å². The summed E-state index contributed by atoms with van der Waals surface area (Å²) in [6, 6.07) is 0.630. The first-order valence-corrected chi connectivity index (χ1v) is 6.36. The monoisotopic (exact) mass is 223 g/mol. The molecule has 1 aliphatic rings. The molecule has 1 fully saturated rings. The van der Waals surface area contributed by atoms with Gasteiger partial charge in [0.25, 0.3) is 0 Å². The van der Waals surface area contributed by atoms with E-state index in [0.717, 1.165) is 0 Å². The predicted molar refractivity (Wildman–Crippen MR) is 68.7 cm³/mol. The van der Waals surface area contributed by atoms with Crippen LogP contribution in [0.1, 0.15) is 44.7 Å². The van der Waals surface area contributed by atoms with Crippen molar-refractivity contribution in [1.82, 2.24) is 14.7 Å². The molecule has 92 valence electrons. The fourth-order valence-electron chi connectivity index (χ4n) is 1.89. The standard InChI is InChI=1S/C10H17N3.C3H8/c1-9-7-11-13(8-9)10-3-5-12(2)6-4-10;1-3-2/h7-8,10H,3-6H2,1-2H3;3H2,1-2H3. The molecule has 0 saturated carbocycles. The van der Waals surface area contributed by atoms with Crippen LogP contribution in [0.2, 0.25) is 0 Å². The number of aryl methyl sites for hydroxylation is 1. The van der Waals surface area contributed by atoms with Crippen molar-refractivity contribution in [1.29, 1.82) is 0 Å². The molecule has 0 amide bonds. The third-order valence-corrected chi connectivity index (χ3v) is 2.79. The highest BCUT2D eigenvalue weighted by Gasteiger charge is 2.18. The maximum Gasteiger partial charge on any atom is 0.0543 e. The number of likely N-dealkylation sites (tertiary alicyclic amines) is 1. The van der Waals surface area contributed by atoms with E-state index in [2.05, 4.69) is 48.7 Å². The first-order valence-electron chi connectivity index (χ1n) is 6.36. The third kappa shape index (κ3) is 3.97. The molecule has 0 bridgehead atoms. The van der Waals surface area contributed by atoms with Crippen LogP contribution in [0.25, 0.3) is 0 Å². The van der Waals surface area contributed by atoms with Gasteiger partial charge < -0.3 is 4.90 Å². The van der Waals surface area contributed by atoms with E-state index in [1.165, 1.54) is 37.9 Å². The van der Waals surface area contributed by atoms with Crippen LogP contribution < -0.4 is 0 Å². The van der Waals surface area contributed by atoms with Crippen LogP contribution in [0.15, 0.2) is 12.4 Å². The molecular weight excluding hydrogens is 198 g/mol. The number of rotatable bonds is 1. The van der Waals surface area contributed by atoms with E-state index in [4.69, 9.17) is 0 Å². The number of piperidine rings is 1. The van der Waals surface area contributed by atoms with Crippen molar-refractivity contribution in [2.24, 2.45) is 0 Å². The molecule has 1 saturated heterocycles. The Morgan fingerprint density at radius 3 is 2.31 bits per heavy atom. The minimum atomic E-state index is 0.630. The largest absolute Gasteiger partial charge is 0.306 e. The van der Waals surface area contributed by atoms with Crippen LogP contribution in [0, 0.1) is 6.92 Å². The fraction of sp³-hybridized carbons (Fsp3) is 0.769. The van der Waals surface area contributed by atoms with E-state index in [-0.39, 0.29) is 0 Å². The van der Waals surface area contributed by atoms with Crippen molar-refractivity contribution in [2.75, 3.05) is 20.1 Å². The van der Waals surface area contributed by atoms with Crippen LogP contribution in [-0.2, 0) is 0 Å². The van der Waals surface area contributed by atoms with Gasteiger partial charge in [-0.25, -0.2) is 0 Å². The topological polar surface area (TPSA) is 21.1 Å². The molecule has 16 heavy (non-hydrogen) atoms. The zero-order valence-corrected chi connectivity index (χ0v) is 11.1. The summed E-state index contributed by atoms with van der Waals surface area (Å²) < 4.78 is 2.13. The van der Waals surface area contributed by atoms with Crippen molar-refractivity contribution < 1.29 is 0 Å². The lowest BCUT2D eigenvalue weighted by Crippen LogP contribution is -2.31. The molecule has 3 heteroatoms. The summed E-state index contributed by atoms with van der Waals surface area (Å²) in [7, 11) is 2.19. The summed E-state index contributed by atoms with van der Waals surface area (Å²) in [5.74, 6) is 0. The molecule has 0 N–H and O–H groups in total. The van der Waals surface area contributed by atoms with Gasteiger partial charge in [-0.3, -0.25) is 4.68 Å². The summed E-state index contributed by atoms with van der Waals surface area (Å²) in [6.07, 6.45) is 7.81. The van der Waals surface area contributed by atoms with Gasteiger partial charge in [-0.2, -0.15) is 5.10 Å². The fourth-order valence-corrected chi connectivity index (χ4v) is 1.89. The van der Waals surface area contributed by atoms with Crippen LogP contribution in [0.3, 0.4) is 0 Å². The predicted octanol–water partition coefficient (Wildman–Crippen LogP) is 2.87. The zero-order valence-electron chi connectivity index (χ0n) is 11.1. The summed E-state index contributed by atoms with van der Waals surface area (Å²) >= 11 is 0. The summed E-state index contributed by atoms with van der Waals surface area (Å²) in [5.41, 5.74) is 1.26. The Hall–Kier alpha value is -0.830. The van der Waals surface area contributed by atoms with Crippen molar-refractivity contribution in [3.8, 4) is 0 Å². The molecule has 0 aliphatic carbocycles. The molecular formula is C13H25N3. The molecule has 0 unspecified atom stereocenters. The Labute approximate surface area is 99.4 Å². The minimum absolute atomic E-state index is 0.630. The SMILES string of the molecule is CCC.Cc1cnn(C2CCN(C)CC2)c1. The Bertz CT molecular complexity index is 285. The van der Waals surface area contributed by atoms with Crippen LogP contribution in [0.4, 0.5) is 0 Å². The van der Waals surface area contributed by atoms with E-state index in [1.54, 1.807) is 0 Å². The minimum Gasteiger partial charge on any atom is -0.306 e. The van der Waals surface area contributed by atoms with Gasteiger partial charge in [-0.15, -0.1) is 0 Å². The lowest BCUT2D eigenvalue weighted by molar-refractivity contribution is 0.212.